The number of nitrogens with zero attached hydrogens (tertiary/aromatic N) is 1. The van der Waals surface area contributed by atoms with Crippen LogP contribution in [0.2, 0.25) is 5.02 Å². The maximum atomic E-state index is 12.3. The number of rotatable bonds is 4. The number of benzene rings is 1. The summed E-state index contributed by atoms with van der Waals surface area (Å²) in [6, 6.07) is 6.50. The molecule has 0 bridgehead atoms. The molecule has 0 aliphatic carbocycles. The van der Waals surface area contributed by atoms with Crippen molar-refractivity contribution in [1.82, 2.24) is 4.90 Å². The Labute approximate surface area is 140 Å². The van der Waals surface area contributed by atoms with Crippen molar-refractivity contribution in [1.29, 1.82) is 0 Å². The molecule has 1 N–H and O–H groups in total. The maximum absolute atomic E-state index is 12.3. The SMILES string of the molecule is COC(=O)C(c1ccccc1Cl)N1CCC(C)/C(=C\C(=O)O)C1. The summed E-state index contributed by atoms with van der Waals surface area (Å²) >= 11 is 6.25. The van der Waals surface area contributed by atoms with E-state index in [-0.39, 0.29) is 5.92 Å². The highest BCUT2D eigenvalue weighted by Crippen LogP contribution is 2.33. The zero-order chi connectivity index (χ0) is 17.0. The fourth-order valence-corrected chi connectivity index (χ4v) is 3.10. The number of piperidine rings is 1. The van der Waals surface area contributed by atoms with Crippen LogP contribution in [0, 0.1) is 5.92 Å². The number of carbonyl (C=O) groups excluding carboxylic acids is 1. The van der Waals surface area contributed by atoms with Crippen molar-refractivity contribution in [2.45, 2.75) is 19.4 Å². The molecule has 1 heterocycles. The van der Waals surface area contributed by atoms with Gasteiger partial charge in [-0.25, -0.2) is 9.59 Å². The minimum absolute atomic E-state index is 0.173. The molecule has 1 aliphatic heterocycles. The molecule has 0 amide bonds. The summed E-state index contributed by atoms with van der Waals surface area (Å²) in [6.45, 7) is 3.07. The predicted octanol–water partition coefficient (Wildman–Crippen LogP) is 2.91. The normalized spacial score (nSPS) is 21.9. The van der Waals surface area contributed by atoms with Crippen LogP contribution in [-0.4, -0.2) is 42.1 Å². The van der Waals surface area contributed by atoms with E-state index >= 15 is 0 Å². The van der Waals surface area contributed by atoms with Gasteiger partial charge >= 0.3 is 11.9 Å². The number of methoxy groups -OCH3 is 1. The van der Waals surface area contributed by atoms with E-state index < -0.39 is 18.0 Å². The molecule has 0 radical (unpaired) electrons. The number of carboxylic acid groups (broad SMARTS) is 1. The van der Waals surface area contributed by atoms with E-state index in [1.165, 1.54) is 13.2 Å². The first-order chi connectivity index (χ1) is 10.9. The monoisotopic (exact) mass is 337 g/mol. The Hall–Kier alpha value is -1.85. The van der Waals surface area contributed by atoms with E-state index in [2.05, 4.69) is 0 Å². The third-order valence-electron chi connectivity index (χ3n) is 4.17. The highest BCUT2D eigenvalue weighted by Gasteiger charge is 2.34. The molecule has 23 heavy (non-hydrogen) atoms. The van der Waals surface area contributed by atoms with Gasteiger partial charge in [0.15, 0.2) is 0 Å². The Morgan fingerprint density at radius 2 is 2.13 bits per heavy atom. The molecule has 2 atom stereocenters. The lowest BCUT2D eigenvalue weighted by molar-refractivity contribution is -0.147. The molecule has 2 unspecified atom stereocenters. The standard InChI is InChI=1S/C17H20ClNO4/c1-11-7-8-19(10-12(11)9-15(20)21)16(17(22)23-2)13-5-3-4-6-14(13)18/h3-6,9,11,16H,7-8,10H2,1-2H3,(H,20,21)/b12-9-. The van der Waals surface area contributed by atoms with Crippen LogP contribution in [0.4, 0.5) is 0 Å². The molecule has 124 valence electrons. The molecule has 6 heteroatoms. The molecule has 0 saturated carbocycles. The Kier molecular flexibility index (Phi) is 5.80. The number of carbonyl (C=O) groups is 2. The Balaban J connectivity index is 2.35. The summed E-state index contributed by atoms with van der Waals surface area (Å²) in [5, 5.41) is 9.51. The number of aliphatic carboxylic acids is 1. The van der Waals surface area contributed by atoms with Crippen molar-refractivity contribution in [3.63, 3.8) is 0 Å². The van der Waals surface area contributed by atoms with Crippen molar-refractivity contribution < 1.29 is 19.4 Å². The first kappa shape index (κ1) is 17.5. The second kappa shape index (κ2) is 7.62. The summed E-state index contributed by atoms with van der Waals surface area (Å²) in [5.74, 6) is -1.20. The van der Waals surface area contributed by atoms with Crippen molar-refractivity contribution in [2.24, 2.45) is 5.92 Å². The lowest BCUT2D eigenvalue weighted by Gasteiger charge is -2.37. The molecular formula is C17H20ClNO4. The summed E-state index contributed by atoms with van der Waals surface area (Å²) in [5.41, 5.74) is 1.47. The van der Waals surface area contributed by atoms with Gasteiger partial charge in [0.25, 0.3) is 0 Å². The fraction of sp³-hybridized carbons (Fsp3) is 0.412. The summed E-state index contributed by atoms with van der Waals surface area (Å²) in [4.78, 5) is 25.2. The zero-order valence-corrected chi connectivity index (χ0v) is 13.9. The number of hydrogen-bond acceptors (Lipinski definition) is 4. The van der Waals surface area contributed by atoms with Crippen LogP contribution >= 0.6 is 11.6 Å². The Bertz CT molecular complexity index is 629. The van der Waals surface area contributed by atoms with E-state index in [4.69, 9.17) is 21.4 Å². The molecule has 0 spiro atoms. The third kappa shape index (κ3) is 4.12. The van der Waals surface area contributed by atoms with Crippen LogP contribution < -0.4 is 0 Å². The van der Waals surface area contributed by atoms with Gasteiger partial charge in [-0.3, -0.25) is 4.90 Å². The molecule has 0 aromatic heterocycles. The molecule has 1 aromatic carbocycles. The van der Waals surface area contributed by atoms with Crippen molar-refractivity contribution in [3.05, 3.63) is 46.5 Å². The minimum Gasteiger partial charge on any atom is -0.478 e. The van der Waals surface area contributed by atoms with Gasteiger partial charge in [-0.2, -0.15) is 0 Å². The highest BCUT2D eigenvalue weighted by molar-refractivity contribution is 6.31. The van der Waals surface area contributed by atoms with Crippen LogP contribution in [0.5, 0.6) is 0 Å². The van der Waals surface area contributed by atoms with Gasteiger partial charge in [-0.05, 0) is 29.5 Å². The van der Waals surface area contributed by atoms with Crippen LogP contribution in [0.15, 0.2) is 35.9 Å². The molecule has 1 saturated heterocycles. The lowest BCUT2D eigenvalue weighted by atomic mass is 9.90. The number of ether oxygens (including phenoxy) is 1. The van der Waals surface area contributed by atoms with Crippen LogP contribution in [0.3, 0.4) is 0 Å². The first-order valence-electron chi connectivity index (χ1n) is 7.43. The van der Waals surface area contributed by atoms with Crippen molar-refractivity contribution >= 4 is 23.5 Å². The largest absolute Gasteiger partial charge is 0.478 e. The average molecular weight is 338 g/mol. The molecular weight excluding hydrogens is 318 g/mol. The van der Waals surface area contributed by atoms with Crippen molar-refractivity contribution in [3.8, 4) is 0 Å². The quantitative estimate of drug-likeness (QED) is 0.676. The number of hydrogen-bond donors (Lipinski definition) is 1. The van der Waals surface area contributed by atoms with Gasteiger partial charge in [0.1, 0.15) is 6.04 Å². The Morgan fingerprint density at radius 1 is 1.43 bits per heavy atom. The highest BCUT2D eigenvalue weighted by atomic mass is 35.5. The van der Waals surface area contributed by atoms with Gasteiger partial charge in [0.05, 0.1) is 7.11 Å². The van der Waals surface area contributed by atoms with E-state index in [0.29, 0.717) is 23.7 Å². The van der Waals surface area contributed by atoms with E-state index in [1.807, 2.05) is 17.9 Å². The maximum Gasteiger partial charge on any atom is 0.328 e. The second-order valence-electron chi connectivity index (χ2n) is 5.66. The topological polar surface area (TPSA) is 66.8 Å². The molecule has 5 nitrogen and oxygen atoms in total. The molecule has 1 fully saturated rings. The van der Waals surface area contributed by atoms with Crippen LogP contribution in [0.25, 0.3) is 0 Å². The smallest absolute Gasteiger partial charge is 0.328 e. The van der Waals surface area contributed by atoms with Gasteiger partial charge in [0.2, 0.25) is 0 Å². The first-order valence-corrected chi connectivity index (χ1v) is 7.81. The van der Waals surface area contributed by atoms with E-state index in [0.717, 1.165) is 12.0 Å². The van der Waals surface area contributed by atoms with Crippen LogP contribution in [-0.2, 0) is 14.3 Å². The van der Waals surface area contributed by atoms with Gasteiger partial charge < -0.3 is 9.84 Å². The predicted molar refractivity (Wildman–Crippen MR) is 87.3 cm³/mol. The second-order valence-corrected chi connectivity index (χ2v) is 6.07. The Morgan fingerprint density at radius 3 is 2.74 bits per heavy atom. The summed E-state index contributed by atoms with van der Waals surface area (Å²) in [7, 11) is 1.34. The van der Waals surface area contributed by atoms with E-state index in [1.54, 1.807) is 18.2 Å². The van der Waals surface area contributed by atoms with Gasteiger partial charge in [-0.15, -0.1) is 0 Å². The fourth-order valence-electron chi connectivity index (χ4n) is 2.86. The molecule has 2 rings (SSSR count). The molecule has 1 aromatic rings. The van der Waals surface area contributed by atoms with Gasteiger partial charge in [0, 0.05) is 24.2 Å². The number of halogens is 1. The summed E-state index contributed by atoms with van der Waals surface area (Å²) < 4.78 is 4.94. The van der Waals surface area contributed by atoms with Crippen molar-refractivity contribution in [2.75, 3.05) is 20.2 Å². The third-order valence-corrected chi connectivity index (χ3v) is 4.51. The zero-order valence-electron chi connectivity index (χ0n) is 13.2. The lowest BCUT2D eigenvalue weighted by Crippen LogP contribution is -2.41. The van der Waals surface area contributed by atoms with E-state index in [9.17, 15) is 9.59 Å². The van der Waals surface area contributed by atoms with Crippen LogP contribution in [0.1, 0.15) is 24.9 Å². The molecule has 1 aliphatic rings. The summed E-state index contributed by atoms with van der Waals surface area (Å²) in [6.07, 6.45) is 2.01. The number of esters is 1. The minimum atomic E-state index is -0.971. The number of carboxylic acids is 1. The number of likely N-dealkylation sites (tertiary alicyclic amines) is 1. The van der Waals surface area contributed by atoms with Gasteiger partial charge in [-0.1, -0.05) is 36.7 Å². The average Bonchev–Trinajstić information content (AvgIpc) is 2.51.